The Hall–Kier alpha value is -3.91. The van der Waals surface area contributed by atoms with Crippen molar-refractivity contribution < 1.29 is 18.7 Å². The van der Waals surface area contributed by atoms with Gasteiger partial charge >= 0.3 is 6.03 Å². The molecule has 3 aromatic carbocycles. The van der Waals surface area contributed by atoms with E-state index in [0.717, 1.165) is 38.0 Å². The molecule has 0 bridgehead atoms. The summed E-state index contributed by atoms with van der Waals surface area (Å²) < 4.78 is 18.9. The van der Waals surface area contributed by atoms with Crippen LogP contribution in [-0.2, 0) is 11.2 Å². The number of halogens is 1. The van der Waals surface area contributed by atoms with Crippen LogP contribution in [0.3, 0.4) is 0 Å². The Kier molecular flexibility index (Phi) is 10.3. The number of hydrogen-bond acceptors (Lipinski definition) is 4. The second-order valence-corrected chi connectivity index (χ2v) is 9.75. The normalized spacial score (nSPS) is 13.6. The van der Waals surface area contributed by atoms with E-state index in [1.807, 2.05) is 19.1 Å². The SMILES string of the molecule is CCOCCCNC(=O)c1cc(NC(=O)Nc2cccc(F)c2)ccc1N1CCC(Cc2ccccc2)CC1. The average molecular weight is 533 g/mol. The minimum absolute atomic E-state index is 0.193. The third-order valence-corrected chi connectivity index (χ3v) is 6.86. The van der Waals surface area contributed by atoms with Gasteiger partial charge in [0.15, 0.2) is 0 Å². The molecule has 3 aromatic rings. The van der Waals surface area contributed by atoms with Gasteiger partial charge in [-0.3, -0.25) is 4.79 Å². The van der Waals surface area contributed by atoms with Gasteiger partial charge in [-0.1, -0.05) is 36.4 Å². The number of carbonyl (C=O) groups excluding carboxylic acids is 2. The number of piperidine rings is 1. The van der Waals surface area contributed by atoms with Crippen LogP contribution in [0, 0.1) is 11.7 Å². The maximum absolute atomic E-state index is 13.5. The first kappa shape index (κ1) is 28.1. The summed E-state index contributed by atoms with van der Waals surface area (Å²) in [5.74, 6) is -0.0259. The third-order valence-electron chi connectivity index (χ3n) is 6.86. The summed E-state index contributed by atoms with van der Waals surface area (Å²) in [6.07, 6.45) is 3.86. The van der Waals surface area contributed by atoms with E-state index >= 15 is 0 Å². The number of carbonyl (C=O) groups is 2. The van der Waals surface area contributed by atoms with Crippen molar-refractivity contribution >= 4 is 29.0 Å². The first-order chi connectivity index (χ1) is 19.0. The van der Waals surface area contributed by atoms with Crippen molar-refractivity contribution in [2.24, 2.45) is 5.92 Å². The predicted molar refractivity (Wildman–Crippen MR) is 154 cm³/mol. The number of ether oxygens (including phenoxy) is 1. The lowest BCUT2D eigenvalue weighted by Crippen LogP contribution is -2.36. The van der Waals surface area contributed by atoms with E-state index in [0.29, 0.717) is 49.0 Å². The van der Waals surface area contributed by atoms with Crippen LogP contribution in [0.25, 0.3) is 0 Å². The predicted octanol–water partition coefficient (Wildman–Crippen LogP) is 6.09. The van der Waals surface area contributed by atoms with Gasteiger partial charge in [0.05, 0.1) is 5.56 Å². The zero-order valence-electron chi connectivity index (χ0n) is 22.4. The molecular weight excluding hydrogens is 495 g/mol. The van der Waals surface area contributed by atoms with Gasteiger partial charge in [0.25, 0.3) is 5.91 Å². The second-order valence-electron chi connectivity index (χ2n) is 9.75. The molecule has 0 aromatic heterocycles. The number of anilines is 3. The van der Waals surface area contributed by atoms with Crippen LogP contribution in [0.4, 0.5) is 26.2 Å². The minimum Gasteiger partial charge on any atom is -0.382 e. The number of rotatable bonds is 11. The molecule has 1 aliphatic heterocycles. The van der Waals surface area contributed by atoms with Crippen LogP contribution in [0.2, 0.25) is 0 Å². The van der Waals surface area contributed by atoms with E-state index in [1.54, 1.807) is 18.2 Å². The van der Waals surface area contributed by atoms with Crippen LogP contribution in [0.5, 0.6) is 0 Å². The highest BCUT2D eigenvalue weighted by molar-refractivity contribution is 6.04. The molecule has 8 heteroatoms. The molecule has 7 nitrogen and oxygen atoms in total. The van der Waals surface area contributed by atoms with Crippen molar-refractivity contribution in [3.8, 4) is 0 Å². The Morgan fingerprint density at radius 1 is 0.949 bits per heavy atom. The number of hydrogen-bond donors (Lipinski definition) is 3. The van der Waals surface area contributed by atoms with Gasteiger partial charge in [-0.2, -0.15) is 0 Å². The highest BCUT2D eigenvalue weighted by atomic mass is 19.1. The van der Waals surface area contributed by atoms with E-state index in [2.05, 4.69) is 45.1 Å². The topological polar surface area (TPSA) is 82.7 Å². The second kappa shape index (κ2) is 14.3. The smallest absolute Gasteiger partial charge is 0.323 e. The fourth-order valence-electron chi connectivity index (χ4n) is 4.87. The lowest BCUT2D eigenvalue weighted by Gasteiger charge is -2.35. The van der Waals surface area contributed by atoms with Crippen molar-refractivity contribution in [1.82, 2.24) is 5.32 Å². The number of amides is 3. The number of benzene rings is 3. The summed E-state index contributed by atoms with van der Waals surface area (Å²) in [4.78, 5) is 28.1. The summed E-state index contributed by atoms with van der Waals surface area (Å²) >= 11 is 0. The Labute approximate surface area is 229 Å². The van der Waals surface area contributed by atoms with Gasteiger partial charge in [-0.15, -0.1) is 0 Å². The maximum atomic E-state index is 13.5. The minimum atomic E-state index is -0.516. The van der Waals surface area contributed by atoms with Crippen LogP contribution in [-0.4, -0.2) is 44.8 Å². The Morgan fingerprint density at radius 2 is 1.69 bits per heavy atom. The number of urea groups is 1. The monoisotopic (exact) mass is 532 g/mol. The maximum Gasteiger partial charge on any atom is 0.323 e. The van der Waals surface area contributed by atoms with Gasteiger partial charge < -0.3 is 25.6 Å². The van der Waals surface area contributed by atoms with Crippen molar-refractivity contribution in [3.63, 3.8) is 0 Å². The van der Waals surface area contributed by atoms with Gasteiger partial charge in [0.1, 0.15) is 5.82 Å². The zero-order valence-corrected chi connectivity index (χ0v) is 22.4. The zero-order chi connectivity index (χ0) is 27.5. The fourth-order valence-corrected chi connectivity index (χ4v) is 4.87. The van der Waals surface area contributed by atoms with Gasteiger partial charge in [0.2, 0.25) is 0 Å². The average Bonchev–Trinajstić information content (AvgIpc) is 2.94. The summed E-state index contributed by atoms with van der Waals surface area (Å²) in [7, 11) is 0. The molecule has 1 saturated heterocycles. The summed E-state index contributed by atoms with van der Waals surface area (Å²) in [5, 5.41) is 8.37. The van der Waals surface area contributed by atoms with Crippen LogP contribution < -0.4 is 20.9 Å². The molecule has 3 N–H and O–H groups in total. The van der Waals surface area contributed by atoms with Gasteiger partial charge in [-0.05, 0) is 80.5 Å². The van der Waals surface area contributed by atoms with E-state index < -0.39 is 11.8 Å². The quantitative estimate of drug-likeness (QED) is 0.261. The molecule has 4 rings (SSSR count). The first-order valence-corrected chi connectivity index (χ1v) is 13.6. The van der Waals surface area contributed by atoms with E-state index in [-0.39, 0.29) is 5.91 Å². The van der Waals surface area contributed by atoms with Gasteiger partial charge in [0, 0.05) is 49.9 Å². The molecule has 1 fully saturated rings. The molecule has 0 spiro atoms. The van der Waals surface area contributed by atoms with Crippen molar-refractivity contribution in [2.75, 3.05) is 48.4 Å². The largest absolute Gasteiger partial charge is 0.382 e. The van der Waals surface area contributed by atoms with E-state index in [9.17, 15) is 14.0 Å². The van der Waals surface area contributed by atoms with E-state index in [1.165, 1.54) is 23.8 Å². The molecule has 206 valence electrons. The number of nitrogens with zero attached hydrogens (tertiary/aromatic N) is 1. The number of nitrogens with one attached hydrogen (secondary N) is 3. The summed E-state index contributed by atoms with van der Waals surface area (Å²) in [6, 6.07) is 21.1. The Balaban J connectivity index is 1.44. The lowest BCUT2D eigenvalue weighted by atomic mass is 9.89. The molecule has 39 heavy (non-hydrogen) atoms. The first-order valence-electron chi connectivity index (χ1n) is 13.6. The van der Waals surface area contributed by atoms with Crippen molar-refractivity contribution in [1.29, 1.82) is 0 Å². The molecule has 0 atom stereocenters. The Morgan fingerprint density at radius 3 is 2.41 bits per heavy atom. The molecule has 1 aliphatic rings. The summed E-state index contributed by atoms with van der Waals surface area (Å²) in [6.45, 7) is 5.38. The van der Waals surface area contributed by atoms with Crippen LogP contribution in [0.1, 0.15) is 42.1 Å². The molecule has 1 heterocycles. The highest BCUT2D eigenvalue weighted by Crippen LogP contribution is 2.30. The molecular formula is C31H37FN4O3. The van der Waals surface area contributed by atoms with Crippen molar-refractivity contribution in [2.45, 2.75) is 32.6 Å². The van der Waals surface area contributed by atoms with Crippen LogP contribution >= 0.6 is 0 Å². The fraction of sp³-hybridized carbons (Fsp3) is 0.355. The summed E-state index contributed by atoms with van der Waals surface area (Å²) in [5.41, 5.74) is 3.54. The molecule has 3 amide bonds. The third kappa shape index (κ3) is 8.55. The Bertz CT molecular complexity index is 1230. The molecule has 0 saturated carbocycles. The van der Waals surface area contributed by atoms with Gasteiger partial charge in [-0.25, -0.2) is 9.18 Å². The molecule has 0 radical (unpaired) electrons. The van der Waals surface area contributed by atoms with E-state index in [4.69, 9.17) is 4.74 Å². The highest BCUT2D eigenvalue weighted by Gasteiger charge is 2.24. The molecule has 0 aliphatic carbocycles. The van der Waals surface area contributed by atoms with Crippen LogP contribution in [0.15, 0.2) is 72.8 Å². The lowest BCUT2D eigenvalue weighted by molar-refractivity contribution is 0.0944. The molecule has 0 unspecified atom stereocenters. The standard InChI is InChI=1S/C31H37FN4O3/c1-2-39-19-7-16-33-30(37)28-22-27(35-31(38)34-26-11-6-10-25(32)21-26)12-13-29(28)36-17-14-24(15-18-36)20-23-8-4-3-5-9-23/h3-6,8-13,21-22,24H,2,7,14-20H2,1H3,(H,33,37)(H2,34,35,38). The van der Waals surface area contributed by atoms with Crippen molar-refractivity contribution in [3.05, 3.63) is 89.7 Å².